The van der Waals surface area contributed by atoms with E-state index in [0.717, 1.165) is 24.4 Å². The molecule has 3 unspecified atom stereocenters. The lowest BCUT2D eigenvalue weighted by Gasteiger charge is -2.35. The van der Waals surface area contributed by atoms with Crippen molar-refractivity contribution < 1.29 is 0 Å². The maximum absolute atomic E-state index is 5.79. The zero-order chi connectivity index (χ0) is 11.8. The van der Waals surface area contributed by atoms with Crippen LogP contribution in [0, 0.1) is 5.92 Å². The van der Waals surface area contributed by atoms with Gasteiger partial charge in [-0.25, -0.2) is 0 Å². The Labute approximate surface area is 104 Å². The molecule has 3 atom stereocenters. The van der Waals surface area contributed by atoms with E-state index in [1.165, 1.54) is 25.9 Å². The summed E-state index contributed by atoms with van der Waals surface area (Å²) in [4.78, 5) is 2.64. The molecule has 17 heavy (non-hydrogen) atoms. The van der Waals surface area contributed by atoms with Crippen molar-refractivity contribution in [1.82, 2.24) is 4.90 Å². The van der Waals surface area contributed by atoms with Crippen molar-refractivity contribution in [1.29, 1.82) is 0 Å². The minimum atomic E-state index is 0.719. The topological polar surface area (TPSA) is 29.3 Å². The van der Waals surface area contributed by atoms with E-state index >= 15 is 0 Å². The molecule has 1 fully saturated rings. The predicted molar refractivity (Wildman–Crippen MR) is 71.1 cm³/mol. The number of hydrogen-bond donors (Lipinski definition) is 1. The molecule has 0 bridgehead atoms. The third-order valence-electron chi connectivity index (χ3n) is 4.54. The Hall–Kier alpha value is -0.860. The SMILES string of the molecule is CC1CC(CN)CN1CC1Cc2ccccc21. The highest BCUT2D eigenvalue weighted by Gasteiger charge is 2.33. The van der Waals surface area contributed by atoms with Crippen LogP contribution in [0.4, 0.5) is 0 Å². The van der Waals surface area contributed by atoms with Crippen molar-refractivity contribution in [3.63, 3.8) is 0 Å². The van der Waals surface area contributed by atoms with Crippen molar-refractivity contribution in [2.75, 3.05) is 19.6 Å². The number of nitrogens with two attached hydrogens (primary N) is 1. The average molecular weight is 230 g/mol. The first-order valence-corrected chi connectivity index (χ1v) is 6.80. The molecule has 2 N–H and O–H groups in total. The van der Waals surface area contributed by atoms with Crippen molar-refractivity contribution in [2.24, 2.45) is 11.7 Å². The van der Waals surface area contributed by atoms with E-state index in [2.05, 4.69) is 36.1 Å². The average Bonchev–Trinajstić information content (AvgIpc) is 2.67. The van der Waals surface area contributed by atoms with Gasteiger partial charge in [-0.15, -0.1) is 0 Å². The fourth-order valence-corrected chi connectivity index (χ4v) is 3.45. The summed E-state index contributed by atoms with van der Waals surface area (Å²) in [6.07, 6.45) is 2.55. The molecule has 0 spiro atoms. The van der Waals surface area contributed by atoms with Gasteiger partial charge in [-0.1, -0.05) is 24.3 Å². The molecule has 0 radical (unpaired) electrons. The molecule has 1 aliphatic carbocycles. The van der Waals surface area contributed by atoms with Crippen LogP contribution in [0.1, 0.15) is 30.4 Å². The maximum Gasteiger partial charge on any atom is 0.00708 e. The molecule has 0 saturated carbocycles. The molecule has 2 aliphatic rings. The van der Waals surface area contributed by atoms with Gasteiger partial charge in [0.15, 0.2) is 0 Å². The number of rotatable bonds is 3. The lowest BCUT2D eigenvalue weighted by molar-refractivity contribution is 0.239. The molecule has 1 saturated heterocycles. The van der Waals surface area contributed by atoms with E-state index in [9.17, 15) is 0 Å². The summed E-state index contributed by atoms with van der Waals surface area (Å²) in [6.45, 7) is 5.63. The Balaban J connectivity index is 1.63. The predicted octanol–water partition coefficient (Wildman–Crippen LogP) is 2.00. The molecular formula is C15H22N2. The van der Waals surface area contributed by atoms with Crippen LogP contribution < -0.4 is 5.73 Å². The molecule has 2 heteroatoms. The summed E-state index contributed by atoms with van der Waals surface area (Å²) >= 11 is 0. The zero-order valence-corrected chi connectivity index (χ0v) is 10.6. The van der Waals surface area contributed by atoms with Crippen LogP contribution in [0.25, 0.3) is 0 Å². The van der Waals surface area contributed by atoms with Crippen LogP contribution in [-0.2, 0) is 6.42 Å². The second kappa shape index (κ2) is 4.43. The summed E-state index contributed by atoms with van der Waals surface area (Å²) < 4.78 is 0. The van der Waals surface area contributed by atoms with Gasteiger partial charge in [0.05, 0.1) is 0 Å². The van der Waals surface area contributed by atoms with Crippen LogP contribution in [-0.4, -0.2) is 30.6 Å². The standard InChI is InChI=1S/C15H22N2/c1-11-6-12(8-16)9-17(11)10-14-7-13-4-2-3-5-15(13)14/h2-5,11-12,14H,6-10,16H2,1H3. The van der Waals surface area contributed by atoms with E-state index in [0.29, 0.717) is 0 Å². The maximum atomic E-state index is 5.79. The van der Waals surface area contributed by atoms with Gasteiger partial charge >= 0.3 is 0 Å². The number of nitrogens with zero attached hydrogens (tertiary/aromatic N) is 1. The van der Waals surface area contributed by atoms with E-state index in [4.69, 9.17) is 5.73 Å². The molecule has 3 rings (SSSR count). The lowest BCUT2D eigenvalue weighted by Crippen LogP contribution is -2.35. The van der Waals surface area contributed by atoms with Gasteiger partial charge in [-0.3, -0.25) is 4.90 Å². The number of fused-ring (bicyclic) bond motifs is 1. The normalized spacial score (nSPS) is 32.2. The van der Waals surface area contributed by atoms with Crippen LogP contribution >= 0.6 is 0 Å². The second-order valence-corrected chi connectivity index (χ2v) is 5.74. The first kappa shape index (κ1) is 11.2. The van der Waals surface area contributed by atoms with Crippen LogP contribution in [0.15, 0.2) is 24.3 Å². The Morgan fingerprint density at radius 1 is 1.35 bits per heavy atom. The lowest BCUT2D eigenvalue weighted by atomic mass is 9.77. The summed E-state index contributed by atoms with van der Waals surface area (Å²) in [7, 11) is 0. The number of benzene rings is 1. The monoisotopic (exact) mass is 230 g/mol. The van der Waals surface area contributed by atoms with E-state index in [1.54, 1.807) is 11.1 Å². The number of likely N-dealkylation sites (tertiary alicyclic amines) is 1. The molecule has 92 valence electrons. The summed E-state index contributed by atoms with van der Waals surface area (Å²) in [6, 6.07) is 9.60. The third kappa shape index (κ3) is 2.00. The molecule has 0 amide bonds. The van der Waals surface area contributed by atoms with Gasteiger partial charge in [0.2, 0.25) is 0 Å². The summed E-state index contributed by atoms with van der Waals surface area (Å²) in [5.74, 6) is 1.49. The van der Waals surface area contributed by atoms with E-state index in [1.807, 2.05) is 0 Å². The number of hydrogen-bond acceptors (Lipinski definition) is 2. The molecular weight excluding hydrogens is 208 g/mol. The molecule has 1 aromatic rings. The fraction of sp³-hybridized carbons (Fsp3) is 0.600. The highest BCUT2D eigenvalue weighted by molar-refractivity contribution is 5.40. The van der Waals surface area contributed by atoms with Crippen molar-refractivity contribution in [2.45, 2.75) is 31.7 Å². The first-order valence-electron chi connectivity index (χ1n) is 6.80. The fourth-order valence-electron chi connectivity index (χ4n) is 3.45. The van der Waals surface area contributed by atoms with Gasteiger partial charge in [-0.2, -0.15) is 0 Å². The van der Waals surface area contributed by atoms with Crippen molar-refractivity contribution in [3.05, 3.63) is 35.4 Å². The molecule has 0 aromatic heterocycles. The Morgan fingerprint density at radius 2 is 2.18 bits per heavy atom. The summed E-state index contributed by atoms with van der Waals surface area (Å²) in [5.41, 5.74) is 8.92. The van der Waals surface area contributed by atoms with Crippen molar-refractivity contribution in [3.8, 4) is 0 Å². The quantitative estimate of drug-likeness (QED) is 0.860. The Kier molecular flexibility index (Phi) is 2.93. The third-order valence-corrected chi connectivity index (χ3v) is 4.54. The van der Waals surface area contributed by atoms with Crippen LogP contribution in [0.3, 0.4) is 0 Å². The second-order valence-electron chi connectivity index (χ2n) is 5.74. The van der Waals surface area contributed by atoms with E-state index in [-0.39, 0.29) is 0 Å². The summed E-state index contributed by atoms with van der Waals surface area (Å²) in [5, 5.41) is 0. The minimum absolute atomic E-state index is 0.719. The van der Waals surface area contributed by atoms with Crippen LogP contribution in [0.5, 0.6) is 0 Å². The van der Waals surface area contributed by atoms with Crippen molar-refractivity contribution >= 4 is 0 Å². The van der Waals surface area contributed by atoms with Gasteiger partial charge < -0.3 is 5.73 Å². The first-order chi connectivity index (χ1) is 8.28. The molecule has 1 aromatic carbocycles. The van der Waals surface area contributed by atoms with E-state index < -0.39 is 0 Å². The minimum Gasteiger partial charge on any atom is -0.330 e. The molecule has 1 heterocycles. The van der Waals surface area contributed by atoms with Gasteiger partial charge in [-0.05, 0) is 43.4 Å². The van der Waals surface area contributed by atoms with Crippen LogP contribution in [0.2, 0.25) is 0 Å². The Bertz CT molecular complexity index is 402. The smallest absolute Gasteiger partial charge is 0.00708 e. The highest BCUT2D eigenvalue weighted by Crippen LogP contribution is 2.37. The van der Waals surface area contributed by atoms with Gasteiger partial charge in [0.1, 0.15) is 0 Å². The molecule has 2 nitrogen and oxygen atoms in total. The Morgan fingerprint density at radius 3 is 2.88 bits per heavy atom. The largest absolute Gasteiger partial charge is 0.330 e. The highest BCUT2D eigenvalue weighted by atomic mass is 15.2. The molecule has 1 aliphatic heterocycles. The zero-order valence-electron chi connectivity index (χ0n) is 10.6. The van der Waals surface area contributed by atoms with Gasteiger partial charge in [0.25, 0.3) is 0 Å². The van der Waals surface area contributed by atoms with Gasteiger partial charge in [0, 0.05) is 25.0 Å².